The van der Waals surface area contributed by atoms with Gasteiger partial charge in [-0.3, -0.25) is 0 Å². The van der Waals surface area contributed by atoms with Gasteiger partial charge in [-0.25, -0.2) is 10.2 Å². The zero-order valence-electron chi connectivity index (χ0n) is 10.4. The maximum Gasteiger partial charge on any atom is 0.332 e. The molecule has 102 valence electrons. The van der Waals surface area contributed by atoms with Gasteiger partial charge in [0.1, 0.15) is 6.61 Å². The molecule has 19 heavy (non-hydrogen) atoms. The minimum atomic E-state index is -0.729. The van der Waals surface area contributed by atoms with Crippen molar-refractivity contribution in [2.24, 2.45) is 10.8 Å². The van der Waals surface area contributed by atoms with Crippen molar-refractivity contribution in [1.82, 2.24) is 5.43 Å². The van der Waals surface area contributed by atoms with E-state index in [9.17, 15) is 4.79 Å². The molecule has 0 fully saturated rings. The number of hydrogen-bond acceptors (Lipinski definition) is 4. The standard InChI is InChI=1S/C12H14BrN3O3/c1-3-4-19-11-9(13)5-8(6-10(11)18-2)7-15-16-12(14)17/h3,5-7H,1,4H2,2H3,(H3,14,16,17). The lowest BCUT2D eigenvalue weighted by Gasteiger charge is -2.12. The number of nitrogens with zero attached hydrogens (tertiary/aromatic N) is 1. The summed E-state index contributed by atoms with van der Waals surface area (Å²) in [7, 11) is 1.53. The van der Waals surface area contributed by atoms with Crippen molar-refractivity contribution in [3.8, 4) is 11.5 Å². The van der Waals surface area contributed by atoms with Gasteiger partial charge in [-0.15, -0.1) is 0 Å². The molecule has 3 N–H and O–H groups in total. The molecule has 0 saturated heterocycles. The minimum Gasteiger partial charge on any atom is -0.493 e. The summed E-state index contributed by atoms with van der Waals surface area (Å²) in [4.78, 5) is 10.5. The van der Waals surface area contributed by atoms with E-state index in [4.69, 9.17) is 15.2 Å². The van der Waals surface area contributed by atoms with Crippen LogP contribution in [0.1, 0.15) is 5.56 Å². The van der Waals surface area contributed by atoms with Crippen molar-refractivity contribution in [3.05, 3.63) is 34.8 Å². The molecule has 0 aromatic heterocycles. The first-order chi connectivity index (χ1) is 9.08. The lowest BCUT2D eigenvalue weighted by Crippen LogP contribution is -2.24. The molecule has 0 atom stereocenters. The molecule has 0 heterocycles. The van der Waals surface area contributed by atoms with Gasteiger partial charge in [0.2, 0.25) is 0 Å². The zero-order valence-corrected chi connectivity index (χ0v) is 11.9. The monoisotopic (exact) mass is 327 g/mol. The molecule has 0 radical (unpaired) electrons. The molecule has 6 nitrogen and oxygen atoms in total. The van der Waals surface area contributed by atoms with Crippen LogP contribution in [0.2, 0.25) is 0 Å². The molecule has 2 amide bonds. The summed E-state index contributed by atoms with van der Waals surface area (Å²) in [5.41, 5.74) is 7.71. The molecule has 0 aliphatic rings. The number of hydrazone groups is 1. The van der Waals surface area contributed by atoms with Gasteiger partial charge in [-0.05, 0) is 33.6 Å². The van der Waals surface area contributed by atoms with Crippen LogP contribution in [0.4, 0.5) is 4.79 Å². The Morgan fingerprint density at radius 2 is 2.37 bits per heavy atom. The maximum atomic E-state index is 10.5. The van der Waals surface area contributed by atoms with E-state index in [0.29, 0.717) is 28.1 Å². The number of amides is 2. The number of carbonyl (C=O) groups excluding carboxylic acids is 1. The number of ether oxygens (including phenoxy) is 2. The summed E-state index contributed by atoms with van der Waals surface area (Å²) < 4.78 is 11.4. The Bertz CT molecular complexity index is 503. The Labute approximate surface area is 119 Å². The molecular weight excluding hydrogens is 314 g/mol. The van der Waals surface area contributed by atoms with E-state index >= 15 is 0 Å². The van der Waals surface area contributed by atoms with Gasteiger partial charge in [-0.2, -0.15) is 5.10 Å². The van der Waals surface area contributed by atoms with Crippen molar-refractivity contribution in [1.29, 1.82) is 0 Å². The van der Waals surface area contributed by atoms with Crippen LogP contribution in [0, 0.1) is 0 Å². The van der Waals surface area contributed by atoms with Gasteiger partial charge >= 0.3 is 6.03 Å². The largest absolute Gasteiger partial charge is 0.493 e. The molecule has 7 heteroatoms. The highest BCUT2D eigenvalue weighted by Gasteiger charge is 2.10. The van der Waals surface area contributed by atoms with Crippen molar-refractivity contribution in [2.45, 2.75) is 0 Å². The highest BCUT2D eigenvalue weighted by Crippen LogP contribution is 2.36. The van der Waals surface area contributed by atoms with Gasteiger partial charge < -0.3 is 15.2 Å². The fourth-order valence-corrected chi connectivity index (χ4v) is 1.84. The molecule has 0 spiro atoms. The number of urea groups is 1. The van der Waals surface area contributed by atoms with Crippen LogP contribution in [0.3, 0.4) is 0 Å². The summed E-state index contributed by atoms with van der Waals surface area (Å²) >= 11 is 3.38. The number of hydrogen-bond donors (Lipinski definition) is 2. The highest BCUT2D eigenvalue weighted by molar-refractivity contribution is 9.10. The molecule has 1 aromatic rings. The average molecular weight is 328 g/mol. The van der Waals surface area contributed by atoms with Crippen LogP contribution < -0.4 is 20.6 Å². The number of rotatable bonds is 6. The third kappa shape index (κ3) is 4.63. The van der Waals surface area contributed by atoms with E-state index in [0.717, 1.165) is 0 Å². The number of halogens is 1. The SMILES string of the molecule is C=CCOc1c(Br)cc(C=NNC(N)=O)cc1OC. The molecular formula is C12H14BrN3O3. The Balaban J connectivity index is 2.98. The molecule has 1 aromatic carbocycles. The predicted octanol–water partition coefficient (Wildman–Crippen LogP) is 2.02. The number of benzene rings is 1. The van der Waals surface area contributed by atoms with Crippen molar-refractivity contribution in [2.75, 3.05) is 13.7 Å². The second kappa shape index (κ2) is 7.42. The first-order valence-electron chi connectivity index (χ1n) is 5.28. The van der Waals surface area contributed by atoms with Crippen LogP contribution >= 0.6 is 15.9 Å². The lowest BCUT2D eigenvalue weighted by atomic mass is 10.2. The van der Waals surface area contributed by atoms with Gasteiger partial charge in [-0.1, -0.05) is 12.7 Å². The van der Waals surface area contributed by atoms with E-state index in [-0.39, 0.29) is 0 Å². The van der Waals surface area contributed by atoms with Crippen molar-refractivity contribution >= 4 is 28.2 Å². The minimum absolute atomic E-state index is 0.367. The number of primary amides is 1. The van der Waals surface area contributed by atoms with Crippen LogP contribution in [0.15, 0.2) is 34.4 Å². The van der Waals surface area contributed by atoms with E-state index < -0.39 is 6.03 Å². The molecule has 1 rings (SSSR count). The Hall–Kier alpha value is -2.02. The fraction of sp³-hybridized carbons (Fsp3) is 0.167. The summed E-state index contributed by atoms with van der Waals surface area (Å²) in [6.07, 6.45) is 3.08. The van der Waals surface area contributed by atoms with Crippen LogP contribution in [-0.2, 0) is 0 Å². The predicted molar refractivity (Wildman–Crippen MR) is 76.7 cm³/mol. The second-order valence-corrected chi connectivity index (χ2v) is 4.22. The van der Waals surface area contributed by atoms with Crippen molar-refractivity contribution < 1.29 is 14.3 Å². The average Bonchev–Trinajstić information content (AvgIpc) is 2.36. The van der Waals surface area contributed by atoms with E-state index in [1.54, 1.807) is 18.2 Å². The van der Waals surface area contributed by atoms with E-state index in [1.807, 2.05) is 0 Å². The number of carbonyl (C=O) groups is 1. The van der Waals surface area contributed by atoms with Crippen LogP contribution in [0.5, 0.6) is 11.5 Å². The van der Waals surface area contributed by atoms with Crippen molar-refractivity contribution in [3.63, 3.8) is 0 Å². The fourth-order valence-electron chi connectivity index (χ4n) is 1.27. The van der Waals surface area contributed by atoms with E-state index in [1.165, 1.54) is 13.3 Å². The third-order valence-electron chi connectivity index (χ3n) is 1.99. The summed E-state index contributed by atoms with van der Waals surface area (Å²) in [5.74, 6) is 1.11. The second-order valence-electron chi connectivity index (χ2n) is 3.37. The normalized spacial score (nSPS) is 10.2. The van der Waals surface area contributed by atoms with Gasteiger partial charge in [0.25, 0.3) is 0 Å². The summed E-state index contributed by atoms with van der Waals surface area (Å²) in [5, 5.41) is 3.67. The van der Waals surface area contributed by atoms with Crippen LogP contribution in [-0.4, -0.2) is 26.0 Å². The first kappa shape index (κ1) is 15.0. The smallest absolute Gasteiger partial charge is 0.332 e. The number of nitrogens with one attached hydrogen (secondary N) is 1. The number of methoxy groups -OCH3 is 1. The molecule has 0 saturated carbocycles. The van der Waals surface area contributed by atoms with Crippen LogP contribution in [0.25, 0.3) is 0 Å². The summed E-state index contributed by atoms with van der Waals surface area (Å²) in [6.45, 7) is 3.95. The maximum absolute atomic E-state index is 10.5. The quantitative estimate of drug-likeness (QED) is 0.476. The van der Waals surface area contributed by atoms with E-state index in [2.05, 4.69) is 33.0 Å². The Morgan fingerprint density at radius 1 is 1.63 bits per heavy atom. The Kier molecular flexibility index (Phi) is 5.87. The molecule has 0 aliphatic heterocycles. The third-order valence-corrected chi connectivity index (χ3v) is 2.57. The molecule has 0 unspecified atom stereocenters. The summed E-state index contributed by atoms with van der Waals surface area (Å²) in [6, 6.07) is 2.76. The lowest BCUT2D eigenvalue weighted by molar-refractivity contribution is 0.249. The van der Waals surface area contributed by atoms with Gasteiger partial charge in [0.05, 0.1) is 17.8 Å². The Morgan fingerprint density at radius 3 is 2.95 bits per heavy atom. The first-order valence-corrected chi connectivity index (χ1v) is 6.07. The van der Waals surface area contributed by atoms with Gasteiger partial charge in [0, 0.05) is 0 Å². The topological polar surface area (TPSA) is 85.9 Å². The zero-order chi connectivity index (χ0) is 14.3. The molecule has 0 bridgehead atoms. The molecule has 0 aliphatic carbocycles. The van der Waals surface area contributed by atoms with Gasteiger partial charge in [0.15, 0.2) is 11.5 Å². The number of nitrogens with two attached hydrogens (primary N) is 1. The highest BCUT2D eigenvalue weighted by atomic mass is 79.9.